The predicted molar refractivity (Wildman–Crippen MR) is 111 cm³/mol. The molecule has 0 amide bonds. The zero-order chi connectivity index (χ0) is 20.4. The van der Waals surface area contributed by atoms with Gasteiger partial charge in [-0.1, -0.05) is 6.07 Å². The fourth-order valence-electron chi connectivity index (χ4n) is 3.10. The molecule has 0 saturated heterocycles. The lowest BCUT2D eigenvalue weighted by atomic mass is 9.99. The Morgan fingerprint density at radius 3 is 2.62 bits per heavy atom. The van der Waals surface area contributed by atoms with Gasteiger partial charge in [0.2, 0.25) is 0 Å². The van der Waals surface area contributed by atoms with E-state index in [1.54, 1.807) is 18.3 Å². The lowest BCUT2D eigenvalue weighted by Gasteiger charge is -2.16. The first-order valence-corrected chi connectivity index (χ1v) is 8.97. The summed E-state index contributed by atoms with van der Waals surface area (Å²) in [6, 6.07) is 16.9. The molecule has 0 spiro atoms. The van der Waals surface area contributed by atoms with E-state index in [1.165, 1.54) is 6.20 Å². The van der Waals surface area contributed by atoms with Crippen molar-refractivity contribution in [3.63, 3.8) is 0 Å². The Morgan fingerprint density at radius 1 is 1.03 bits per heavy atom. The van der Waals surface area contributed by atoms with Gasteiger partial charge in [0, 0.05) is 19.3 Å². The van der Waals surface area contributed by atoms with Gasteiger partial charge in [-0.3, -0.25) is 10.1 Å². The standard InChI is InChI=1S/C22H18N6O/c1-14-9-15(12-23)3-5-18(14)16-7-8-24-21(10-16)28(2)22-11-20(26-27-22)19-6-4-17(29)13-25-19/h3-11,13,29H,1-2H3,(H,26,27). The van der Waals surface area contributed by atoms with Crippen LogP contribution in [0.2, 0.25) is 0 Å². The van der Waals surface area contributed by atoms with Crippen LogP contribution in [0.1, 0.15) is 11.1 Å². The van der Waals surface area contributed by atoms with E-state index in [0.717, 1.165) is 28.2 Å². The first-order chi connectivity index (χ1) is 14.0. The summed E-state index contributed by atoms with van der Waals surface area (Å²) in [5, 5.41) is 25.8. The van der Waals surface area contributed by atoms with Gasteiger partial charge in [0.05, 0.1) is 29.2 Å². The van der Waals surface area contributed by atoms with Gasteiger partial charge in [0.15, 0.2) is 5.82 Å². The molecule has 0 unspecified atom stereocenters. The van der Waals surface area contributed by atoms with Crippen molar-refractivity contribution < 1.29 is 5.11 Å². The largest absolute Gasteiger partial charge is 0.506 e. The van der Waals surface area contributed by atoms with Crippen LogP contribution < -0.4 is 4.90 Å². The Hall–Kier alpha value is -4.18. The smallest absolute Gasteiger partial charge is 0.156 e. The third-order valence-electron chi connectivity index (χ3n) is 4.69. The number of aromatic hydroxyl groups is 1. The molecule has 3 aromatic heterocycles. The van der Waals surface area contributed by atoms with Crippen LogP contribution in [-0.2, 0) is 0 Å². The predicted octanol–water partition coefficient (Wildman–Crippen LogP) is 4.19. The average molecular weight is 382 g/mol. The Morgan fingerprint density at radius 2 is 1.90 bits per heavy atom. The summed E-state index contributed by atoms with van der Waals surface area (Å²) in [6.07, 6.45) is 3.15. The minimum Gasteiger partial charge on any atom is -0.506 e. The van der Waals surface area contributed by atoms with Crippen LogP contribution in [0.3, 0.4) is 0 Å². The maximum absolute atomic E-state index is 9.39. The molecule has 4 rings (SSSR count). The molecule has 0 bridgehead atoms. The molecule has 0 aliphatic rings. The second-order valence-electron chi connectivity index (χ2n) is 6.64. The van der Waals surface area contributed by atoms with E-state index in [4.69, 9.17) is 5.26 Å². The van der Waals surface area contributed by atoms with Gasteiger partial charge in [0.1, 0.15) is 11.6 Å². The number of hydrogen-bond acceptors (Lipinski definition) is 6. The summed E-state index contributed by atoms with van der Waals surface area (Å²) in [5.41, 5.74) is 5.17. The average Bonchev–Trinajstić information content (AvgIpc) is 3.24. The number of aryl methyl sites for hydroxylation is 1. The SMILES string of the molecule is Cc1cc(C#N)ccc1-c1ccnc(N(C)c2cc(-c3ccc(O)cn3)[nH]n2)c1. The van der Waals surface area contributed by atoms with E-state index in [9.17, 15) is 5.11 Å². The third-order valence-corrected chi connectivity index (χ3v) is 4.69. The van der Waals surface area contributed by atoms with E-state index in [2.05, 4.69) is 26.2 Å². The van der Waals surface area contributed by atoms with Crippen molar-refractivity contribution in [2.45, 2.75) is 6.92 Å². The number of hydrogen-bond donors (Lipinski definition) is 2. The Kier molecular flexibility index (Phi) is 4.67. The van der Waals surface area contributed by atoms with Crippen molar-refractivity contribution in [3.05, 3.63) is 72.1 Å². The molecule has 0 atom stereocenters. The van der Waals surface area contributed by atoms with Crippen LogP contribution in [0, 0.1) is 18.3 Å². The Labute approximate surface area is 167 Å². The maximum Gasteiger partial charge on any atom is 0.156 e. The number of anilines is 2. The molecule has 7 heteroatoms. The van der Waals surface area contributed by atoms with E-state index in [1.807, 2.05) is 55.3 Å². The summed E-state index contributed by atoms with van der Waals surface area (Å²) in [5.74, 6) is 1.55. The second-order valence-corrected chi connectivity index (χ2v) is 6.64. The molecule has 1 aromatic carbocycles. The van der Waals surface area contributed by atoms with Gasteiger partial charge in [-0.15, -0.1) is 0 Å². The van der Waals surface area contributed by atoms with Crippen LogP contribution >= 0.6 is 0 Å². The van der Waals surface area contributed by atoms with Crippen molar-refractivity contribution in [2.24, 2.45) is 0 Å². The molecule has 7 nitrogen and oxygen atoms in total. The zero-order valence-electron chi connectivity index (χ0n) is 16.0. The number of rotatable bonds is 4. The molecule has 2 N–H and O–H groups in total. The molecule has 0 radical (unpaired) electrons. The van der Waals surface area contributed by atoms with Gasteiger partial charge in [-0.05, 0) is 60.0 Å². The number of benzene rings is 1. The molecular formula is C22H18N6O. The van der Waals surface area contributed by atoms with Gasteiger partial charge in [0.25, 0.3) is 0 Å². The molecule has 0 aliphatic heterocycles. The van der Waals surface area contributed by atoms with Gasteiger partial charge in [-0.25, -0.2) is 4.98 Å². The quantitative estimate of drug-likeness (QED) is 0.549. The number of H-pyrrole nitrogens is 1. The molecule has 0 aliphatic carbocycles. The summed E-state index contributed by atoms with van der Waals surface area (Å²) >= 11 is 0. The van der Waals surface area contributed by atoms with Crippen molar-refractivity contribution in [3.8, 4) is 34.3 Å². The number of nitrogens with zero attached hydrogens (tertiary/aromatic N) is 5. The van der Waals surface area contributed by atoms with E-state index in [0.29, 0.717) is 17.1 Å². The summed E-state index contributed by atoms with van der Waals surface area (Å²) in [4.78, 5) is 10.5. The first kappa shape index (κ1) is 18.2. The minimum absolute atomic E-state index is 0.115. The number of nitriles is 1. The molecular weight excluding hydrogens is 364 g/mol. The highest BCUT2D eigenvalue weighted by molar-refractivity contribution is 5.72. The lowest BCUT2D eigenvalue weighted by molar-refractivity contribution is 0.473. The molecule has 142 valence electrons. The molecule has 3 heterocycles. The lowest BCUT2D eigenvalue weighted by Crippen LogP contribution is -2.11. The fraction of sp³-hybridized carbons (Fsp3) is 0.0909. The van der Waals surface area contributed by atoms with Gasteiger partial charge in [-0.2, -0.15) is 10.4 Å². The van der Waals surface area contributed by atoms with Crippen molar-refractivity contribution >= 4 is 11.6 Å². The normalized spacial score (nSPS) is 10.5. The summed E-state index contributed by atoms with van der Waals surface area (Å²) in [6.45, 7) is 1.99. The van der Waals surface area contributed by atoms with Crippen LogP contribution in [0.4, 0.5) is 11.6 Å². The molecule has 29 heavy (non-hydrogen) atoms. The topological polar surface area (TPSA) is 102 Å². The van der Waals surface area contributed by atoms with Crippen molar-refractivity contribution in [1.82, 2.24) is 20.2 Å². The molecule has 0 fully saturated rings. The number of pyridine rings is 2. The number of aromatic nitrogens is 4. The first-order valence-electron chi connectivity index (χ1n) is 8.97. The number of nitrogens with one attached hydrogen (secondary N) is 1. The second kappa shape index (κ2) is 7.44. The van der Waals surface area contributed by atoms with E-state index in [-0.39, 0.29) is 5.75 Å². The molecule has 0 saturated carbocycles. The van der Waals surface area contributed by atoms with E-state index < -0.39 is 0 Å². The van der Waals surface area contributed by atoms with Crippen LogP contribution in [0.5, 0.6) is 5.75 Å². The molecule has 4 aromatic rings. The monoisotopic (exact) mass is 382 g/mol. The van der Waals surface area contributed by atoms with Crippen molar-refractivity contribution in [2.75, 3.05) is 11.9 Å². The van der Waals surface area contributed by atoms with Crippen LogP contribution in [0.25, 0.3) is 22.5 Å². The Balaban J connectivity index is 1.63. The summed E-state index contributed by atoms with van der Waals surface area (Å²) in [7, 11) is 1.89. The third kappa shape index (κ3) is 3.64. The Bertz CT molecular complexity index is 1210. The van der Waals surface area contributed by atoms with Crippen LogP contribution in [-0.4, -0.2) is 32.3 Å². The van der Waals surface area contributed by atoms with E-state index >= 15 is 0 Å². The fourth-order valence-corrected chi connectivity index (χ4v) is 3.10. The highest BCUT2D eigenvalue weighted by atomic mass is 16.3. The minimum atomic E-state index is 0.115. The van der Waals surface area contributed by atoms with Gasteiger partial charge >= 0.3 is 0 Å². The zero-order valence-corrected chi connectivity index (χ0v) is 16.0. The highest BCUT2D eigenvalue weighted by Gasteiger charge is 2.13. The van der Waals surface area contributed by atoms with Gasteiger partial charge < -0.3 is 10.0 Å². The maximum atomic E-state index is 9.39. The highest BCUT2D eigenvalue weighted by Crippen LogP contribution is 2.29. The van der Waals surface area contributed by atoms with Crippen LogP contribution in [0.15, 0.2) is 60.9 Å². The summed E-state index contributed by atoms with van der Waals surface area (Å²) < 4.78 is 0. The number of aromatic amines is 1. The van der Waals surface area contributed by atoms with Crippen molar-refractivity contribution in [1.29, 1.82) is 5.26 Å².